The molecule has 6 heteroatoms. The van der Waals surface area contributed by atoms with Gasteiger partial charge in [-0.2, -0.15) is 0 Å². The standard InChI is InChI=1S/C26H25N5O/c1-26(19-14-20(32)15-19)30-23(24-25(27)28-11-12-31(24)26)18-8-7-17-9-10-21(29-22(17)13-18)16-5-3-2-4-6-16/h2-13,19-20,30,32H,14-15H2,1H3,(H2,27,28). The lowest BCUT2D eigenvalue weighted by atomic mass is 9.73. The largest absolute Gasteiger partial charge is 0.393 e. The van der Waals surface area contributed by atoms with Crippen molar-refractivity contribution in [1.29, 1.82) is 0 Å². The van der Waals surface area contributed by atoms with E-state index >= 15 is 0 Å². The minimum atomic E-state index is -0.366. The highest BCUT2D eigenvalue weighted by molar-refractivity contribution is 6.05. The molecule has 3 heterocycles. The van der Waals surface area contributed by atoms with Gasteiger partial charge in [-0.15, -0.1) is 0 Å². The lowest BCUT2D eigenvalue weighted by molar-refractivity contribution is -0.0311. The maximum Gasteiger partial charge on any atom is 0.149 e. The van der Waals surface area contributed by atoms with Crippen LogP contribution in [0.25, 0.3) is 27.9 Å². The number of fused-ring (bicyclic) bond motifs is 2. The molecule has 3 aromatic rings. The van der Waals surface area contributed by atoms with E-state index in [4.69, 9.17) is 10.7 Å². The molecule has 0 spiro atoms. The third-order valence-corrected chi connectivity index (χ3v) is 6.99. The predicted octanol–water partition coefficient (Wildman–Crippen LogP) is 3.80. The molecular formula is C26H25N5O. The van der Waals surface area contributed by atoms with Crippen molar-refractivity contribution in [2.75, 3.05) is 0 Å². The number of pyridine rings is 1. The van der Waals surface area contributed by atoms with Crippen LogP contribution in [0.2, 0.25) is 0 Å². The zero-order valence-corrected chi connectivity index (χ0v) is 17.9. The number of aromatic nitrogens is 1. The summed E-state index contributed by atoms with van der Waals surface area (Å²) in [6.07, 6.45) is 5.02. The Labute approximate surface area is 186 Å². The Kier molecular flexibility index (Phi) is 4.13. The van der Waals surface area contributed by atoms with Crippen molar-refractivity contribution in [3.8, 4) is 11.3 Å². The summed E-state index contributed by atoms with van der Waals surface area (Å²) in [7, 11) is 0. The number of nitrogens with one attached hydrogen (secondary N) is 1. The van der Waals surface area contributed by atoms with E-state index in [0.29, 0.717) is 11.8 Å². The van der Waals surface area contributed by atoms with E-state index in [9.17, 15) is 5.11 Å². The summed E-state index contributed by atoms with van der Waals surface area (Å²) < 4.78 is 0. The van der Waals surface area contributed by atoms with Crippen LogP contribution in [0, 0.1) is 5.92 Å². The monoisotopic (exact) mass is 423 g/mol. The molecule has 6 rings (SSSR count). The summed E-state index contributed by atoms with van der Waals surface area (Å²) >= 11 is 0. The van der Waals surface area contributed by atoms with Gasteiger partial charge in [-0.1, -0.05) is 48.5 Å². The average molecular weight is 424 g/mol. The molecule has 0 amide bonds. The summed E-state index contributed by atoms with van der Waals surface area (Å²) in [5, 5.41) is 14.8. The lowest BCUT2D eigenvalue weighted by Gasteiger charge is -2.48. The Morgan fingerprint density at radius 2 is 1.84 bits per heavy atom. The first-order valence-corrected chi connectivity index (χ1v) is 11.0. The number of rotatable bonds is 3. The minimum absolute atomic E-state index is 0.229. The number of hydrogen-bond acceptors (Lipinski definition) is 6. The second-order valence-electron chi connectivity index (χ2n) is 8.97. The van der Waals surface area contributed by atoms with Gasteiger partial charge in [0.25, 0.3) is 0 Å². The molecule has 1 atom stereocenters. The van der Waals surface area contributed by atoms with Gasteiger partial charge in [0.05, 0.1) is 23.0 Å². The van der Waals surface area contributed by atoms with Gasteiger partial charge in [0, 0.05) is 34.8 Å². The Morgan fingerprint density at radius 1 is 1.06 bits per heavy atom. The fourth-order valence-electron chi connectivity index (χ4n) is 5.04. The molecule has 0 saturated heterocycles. The molecule has 1 aliphatic carbocycles. The molecule has 1 unspecified atom stereocenters. The van der Waals surface area contributed by atoms with Gasteiger partial charge < -0.3 is 21.1 Å². The first-order valence-electron chi connectivity index (χ1n) is 11.0. The van der Waals surface area contributed by atoms with E-state index in [1.165, 1.54) is 0 Å². The fraction of sp³-hybridized carbons (Fsp3) is 0.231. The van der Waals surface area contributed by atoms with Crippen molar-refractivity contribution < 1.29 is 5.11 Å². The van der Waals surface area contributed by atoms with Gasteiger partial charge >= 0.3 is 0 Å². The van der Waals surface area contributed by atoms with Gasteiger partial charge in [-0.3, -0.25) is 0 Å². The highest BCUT2D eigenvalue weighted by Gasteiger charge is 2.51. The SMILES string of the molecule is CC1(C2CC(O)C2)NC(c2ccc3ccc(-c4ccccc4)nc3c2)=C2C(N)=NC=CN21. The third-order valence-electron chi connectivity index (χ3n) is 6.99. The van der Waals surface area contributed by atoms with Crippen molar-refractivity contribution >= 4 is 22.4 Å². The molecule has 2 aromatic carbocycles. The second kappa shape index (κ2) is 6.93. The van der Waals surface area contributed by atoms with Crippen molar-refractivity contribution in [2.45, 2.75) is 31.5 Å². The van der Waals surface area contributed by atoms with Gasteiger partial charge in [0.1, 0.15) is 17.2 Å². The normalized spacial score (nSPS) is 26.6. The Bertz CT molecular complexity index is 1310. The molecule has 4 N–H and O–H groups in total. The molecule has 1 saturated carbocycles. The molecule has 1 aromatic heterocycles. The number of amidine groups is 1. The predicted molar refractivity (Wildman–Crippen MR) is 127 cm³/mol. The Morgan fingerprint density at radius 3 is 2.62 bits per heavy atom. The summed E-state index contributed by atoms with van der Waals surface area (Å²) in [5.41, 5.74) is 11.8. The molecule has 160 valence electrons. The van der Waals surface area contributed by atoms with Crippen molar-refractivity contribution in [3.05, 3.63) is 84.3 Å². The Hall–Kier alpha value is -3.64. The zero-order valence-electron chi connectivity index (χ0n) is 17.9. The van der Waals surface area contributed by atoms with Crippen LogP contribution in [0.4, 0.5) is 0 Å². The molecular weight excluding hydrogens is 398 g/mol. The molecule has 0 radical (unpaired) electrons. The number of aliphatic hydroxyl groups excluding tert-OH is 1. The zero-order chi connectivity index (χ0) is 21.9. The molecule has 2 aliphatic heterocycles. The summed E-state index contributed by atoms with van der Waals surface area (Å²) in [6.45, 7) is 2.17. The van der Waals surface area contributed by atoms with Crippen LogP contribution in [-0.4, -0.2) is 32.6 Å². The second-order valence-corrected chi connectivity index (χ2v) is 8.97. The van der Waals surface area contributed by atoms with Gasteiger partial charge in [0.2, 0.25) is 0 Å². The van der Waals surface area contributed by atoms with E-state index in [1.54, 1.807) is 6.20 Å². The summed E-state index contributed by atoms with van der Waals surface area (Å²) in [5.74, 6) is 0.800. The van der Waals surface area contributed by atoms with Crippen LogP contribution in [-0.2, 0) is 0 Å². The van der Waals surface area contributed by atoms with Crippen molar-refractivity contribution in [1.82, 2.24) is 15.2 Å². The molecule has 0 bridgehead atoms. The lowest BCUT2D eigenvalue weighted by Crippen LogP contribution is -2.59. The molecule has 32 heavy (non-hydrogen) atoms. The van der Waals surface area contributed by atoms with Crippen LogP contribution in [0.1, 0.15) is 25.3 Å². The minimum Gasteiger partial charge on any atom is -0.393 e. The van der Waals surface area contributed by atoms with Crippen molar-refractivity contribution in [2.24, 2.45) is 16.6 Å². The van der Waals surface area contributed by atoms with Gasteiger partial charge in [0.15, 0.2) is 0 Å². The summed E-state index contributed by atoms with van der Waals surface area (Å²) in [4.78, 5) is 11.5. The molecule has 3 aliphatic rings. The first-order chi connectivity index (χ1) is 15.5. The van der Waals surface area contributed by atoms with E-state index in [0.717, 1.165) is 52.0 Å². The van der Waals surface area contributed by atoms with Crippen LogP contribution in [0.3, 0.4) is 0 Å². The average Bonchev–Trinajstić information content (AvgIpc) is 3.11. The maximum absolute atomic E-state index is 9.93. The molecule has 1 fully saturated rings. The number of aliphatic imine (C=N–C) groups is 1. The highest BCUT2D eigenvalue weighted by Crippen LogP contribution is 2.46. The van der Waals surface area contributed by atoms with Crippen LogP contribution < -0.4 is 11.1 Å². The van der Waals surface area contributed by atoms with Crippen LogP contribution in [0.15, 0.2) is 83.8 Å². The fourth-order valence-corrected chi connectivity index (χ4v) is 5.04. The smallest absolute Gasteiger partial charge is 0.149 e. The number of nitrogens with two attached hydrogens (primary N) is 1. The third kappa shape index (κ3) is 2.83. The highest BCUT2D eigenvalue weighted by atomic mass is 16.3. The van der Waals surface area contributed by atoms with Gasteiger partial charge in [-0.05, 0) is 31.9 Å². The summed E-state index contributed by atoms with van der Waals surface area (Å²) in [6, 6.07) is 20.7. The quantitative estimate of drug-likeness (QED) is 0.596. The van der Waals surface area contributed by atoms with Gasteiger partial charge in [-0.25, -0.2) is 9.98 Å². The van der Waals surface area contributed by atoms with E-state index in [-0.39, 0.29) is 11.8 Å². The van der Waals surface area contributed by atoms with Crippen molar-refractivity contribution in [3.63, 3.8) is 0 Å². The van der Waals surface area contributed by atoms with E-state index < -0.39 is 0 Å². The van der Waals surface area contributed by atoms with Crippen LogP contribution in [0.5, 0.6) is 0 Å². The maximum atomic E-state index is 9.93. The number of benzene rings is 2. The van der Waals surface area contributed by atoms with Crippen LogP contribution >= 0.6 is 0 Å². The Balaban J connectivity index is 1.45. The first kappa shape index (κ1) is 19.1. The number of hydrogen-bond donors (Lipinski definition) is 3. The van der Waals surface area contributed by atoms with E-state index in [2.05, 4.69) is 64.6 Å². The molecule has 6 nitrogen and oxygen atoms in total. The number of aliphatic hydroxyl groups is 1. The topological polar surface area (TPSA) is 86.8 Å². The van der Waals surface area contributed by atoms with E-state index in [1.807, 2.05) is 24.4 Å². The number of nitrogens with zero attached hydrogens (tertiary/aromatic N) is 3.